The normalized spacial score (nSPS) is 18.0. The van der Waals surface area contributed by atoms with Crippen LogP contribution in [-0.2, 0) is 0 Å². The first-order valence-corrected chi connectivity index (χ1v) is 8.48. The van der Waals surface area contributed by atoms with Gasteiger partial charge in [-0.05, 0) is 0 Å². The second-order valence-corrected chi connectivity index (χ2v) is 6.24. The molecule has 3 aromatic heterocycles. The van der Waals surface area contributed by atoms with E-state index in [4.69, 9.17) is 4.74 Å². The summed E-state index contributed by atoms with van der Waals surface area (Å²) in [6.45, 7) is 0. The summed E-state index contributed by atoms with van der Waals surface area (Å²) in [5.41, 5.74) is 0.722. The van der Waals surface area contributed by atoms with Crippen molar-refractivity contribution in [2.24, 2.45) is 0 Å². The highest BCUT2D eigenvalue weighted by Crippen LogP contribution is 2.28. The van der Waals surface area contributed by atoms with Crippen LogP contribution in [0.1, 0.15) is 16.8 Å². The lowest BCUT2D eigenvalue weighted by molar-refractivity contribution is 0.0949. The zero-order valence-electron chi connectivity index (χ0n) is 15.0. The van der Waals surface area contributed by atoms with E-state index in [1.54, 1.807) is 13.1 Å². The minimum atomic E-state index is -1.02. The number of carbonyl (C=O) groups excluding carboxylic acids is 1. The number of anilines is 3. The lowest BCUT2D eigenvalue weighted by Crippen LogP contribution is -2.27. The molecular weight excluding hydrogens is 372 g/mol. The molecule has 2 atom stereocenters. The van der Waals surface area contributed by atoms with Crippen LogP contribution in [0.25, 0.3) is 5.65 Å². The van der Waals surface area contributed by atoms with E-state index < -0.39 is 23.9 Å². The molecule has 28 heavy (non-hydrogen) atoms. The molecule has 0 radical (unpaired) electrons. The molecule has 0 saturated heterocycles. The molecule has 11 heteroatoms. The summed E-state index contributed by atoms with van der Waals surface area (Å²) in [4.78, 5) is 20.7. The van der Waals surface area contributed by atoms with E-state index in [0.29, 0.717) is 18.1 Å². The fraction of sp³-hybridized carbons (Fsp3) is 0.294. The fourth-order valence-electron chi connectivity index (χ4n) is 2.74. The molecule has 0 spiro atoms. The summed E-state index contributed by atoms with van der Waals surface area (Å²) in [6, 6.07) is 2.37. The smallest absolute Gasteiger partial charge is 0.257 e. The van der Waals surface area contributed by atoms with Gasteiger partial charge in [-0.3, -0.25) is 4.79 Å². The molecule has 9 nitrogen and oxygen atoms in total. The Balaban J connectivity index is 1.72. The lowest BCUT2D eigenvalue weighted by Gasteiger charge is -2.12. The van der Waals surface area contributed by atoms with Crippen molar-refractivity contribution in [3.05, 3.63) is 35.9 Å². The maximum atomic E-state index is 13.6. The van der Waals surface area contributed by atoms with Gasteiger partial charge in [-0.2, -0.15) is 9.61 Å². The fourth-order valence-corrected chi connectivity index (χ4v) is 2.74. The average Bonchev–Trinajstić information content (AvgIpc) is 3.19. The van der Waals surface area contributed by atoms with Crippen molar-refractivity contribution >= 4 is 28.9 Å². The molecule has 1 fully saturated rings. The number of hydrogen-bond donors (Lipinski definition) is 3. The van der Waals surface area contributed by atoms with Crippen LogP contribution in [0.5, 0.6) is 5.88 Å². The van der Waals surface area contributed by atoms with Crippen molar-refractivity contribution in [3.8, 4) is 5.88 Å². The molecule has 1 amide bonds. The van der Waals surface area contributed by atoms with Crippen LogP contribution >= 0.6 is 0 Å². The van der Waals surface area contributed by atoms with E-state index in [2.05, 4.69) is 31.0 Å². The van der Waals surface area contributed by atoms with Crippen molar-refractivity contribution in [2.75, 3.05) is 24.8 Å². The van der Waals surface area contributed by atoms with E-state index in [-0.39, 0.29) is 22.8 Å². The van der Waals surface area contributed by atoms with Gasteiger partial charge < -0.3 is 20.7 Å². The molecule has 3 aromatic rings. The zero-order chi connectivity index (χ0) is 19.8. The molecular formula is C17H17F2N7O2. The van der Waals surface area contributed by atoms with Crippen LogP contribution in [0.4, 0.5) is 26.1 Å². The third kappa shape index (κ3) is 3.26. The van der Waals surface area contributed by atoms with Gasteiger partial charge in [-0.25, -0.2) is 18.7 Å². The SMILES string of the molecule is CNc1cc(Nc2cc(F)cnc2OC)nc2c(C(=O)N[C@H]3C[C@H]3F)cnn12. The average molecular weight is 389 g/mol. The van der Waals surface area contributed by atoms with Gasteiger partial charge in [0.1, 0.15) is 34.9 Å². The third-order valence-electron chi connectivity index (χ3n) is 4.28. The molecule has 0 aliphatic heterocycles. The van der Waals surface area contributed by atoms with Crippen molar-refractivity contribution in [3.63, 3.8) is 0 Å². The van der Waals surface area contributed by atoms with Gasteiger partial charge >= 0.3 is 0 Å². The maximum absolute atomic E-state index is 13.6. The monoisotopic (exact) mass is 389 g/mol. The summed E-state index contributed by atoms with van der Waals surface area (Å²) in [5, 5.41) is 12.7. The number of alkyl halides is 1. The van der Waals surface area contributed by atoms with Crippen molar-refractivity contribution in [2.45, 2.75) is 18.6 Å². The third-order valence-corrected chi connectivity index (χ3v) is 4.28. The van der Waals surface area contributed by atoms with Gasteiger partial charge in [0.25, 0.3) is 5.91 Å². The number of nitrogens with zero attached hydrogens (tertiary/aromatic N) is 4. The van der Waals surface area contributed by atoms with Crippen LogP contribution in [0.2, 0.25) is 0 Å². The second kappa shape index (κ2) is 6.91. The number of amides is 1. The van der Waals surface area contributed by atoms with Gasteiger partial charge in [-0.1, -0.05) is 0 Å². The van der Waals surface area contributed by atoms with Crippen LogP contribution in [0.15, 0.2) is 24.5 Å². The van der Waals surface area contributed by atoms with Crippen LogP contribution in [0, 0.1) is 5.82 Å². The minimum absolute atomic E-state index is 0.184. The van der Waals surface area contributed by atoms with Gasteiger partial charge in [0, 0.05) is 25.6 Å². The van der Waals surface area contributed by atoms with E-state index in [0.717, 1.165) is 6.20 Å². The summed E-state index contributed by atoms with van der Waals surface area (Å²) in [6.07, 6.45) is 1.69. The first-order chi connectivity index (χ1) is 13.5. The predicted molar refractivity (Wildman–Crippen MR) is 97.3 cm³/mol. The number of carbonyl (C=O) groups is 1. The highest BCUT2D eigenvalue weighted by molar-refractivity contribution is 6.00. The van der Waals surface area contributed by atoms with Crippen LogP contribution in [-0.4, -0.2) is 51.9 Å². The number of fused-ring (bicyclic) bond motifs is 1. The zero-order valence-corrected chi connectivity index (χ0v) is 15.0. The first-order valence-electron chi connectivity index (χ1n) is 8.48. The van der Waals surface area contributed by atoms with Crippen LogP contribution in [0.3, 0.4) is 0 Å². The number of aromatic nitrogens is 4. The standard InChI is InChI=1S/C17H17F2N7O2/c1-20-14-5-13(23-12-3-8(18)6-21-17(12)28-2)25-15-9(7-22-26(14)15)16(27)24-11-4-10(11)19/h3,5-7,10-11,20H,4H2,1-2H3,(H,23,25)(H,24,27)/t10-,11+/m1/s1. The number of pyridine rings is 1. The Morgan fingerprint density at radius 2 is 2.14 bits per heavy atom. The first kappa shape index (κ1) is 17.9. The van der Waals surface area contributed by atoms with E-state index in [1.807, 2.05) is 0 Å². The quantitative estimate of drug-likeness (QED) is 0.591. The molecule has 1 aliphatic carbocycles. The van der Waals surface area contributed by atoms with Crippen molar-refractivity contribution in [1.82, 2.24) is 24.9 Å². The summed E-state index contributed by atoms with van der Waals surface area (Å²) in [5.74, 6) is 0.0181. The molecule has 1 aliphatic rings. The maximum Gasteiger partial charge on any atom is 0.257 e. The molecule has 0 unspecified atom stereocenters. The van der Waals surface area contributed by atoms with Crippen LogP contribution < -0.4 is 20.7 Å². The number of rotatable bonds is 6. The van der Waals surface area contributed by atoms with Gasteiger partial charge in [0.2, 0.25) is 5.88 Å². The Hall–Kier alpha value is -3.50. The molecule has 1 saturated carbocycles. The number of methoxy groups -OCH3 is 1. The second-order valence-electron chi connectivity index (χ2n) is 6.24. The summed E-state index contributed by atoms with van der Waals surface area (Å²) in [7, 11) is 3.10. The van der Waals surface area contributed by atoms with Crippen molar-refractivity contribution in [1.29, 1.82) is 0 Å². The Bertz CT molecular complexity index is 1060. The Kier molecular flexibility index (Phi) is 4.41. The molecule has 3 heterocycles. The number of nitrogens with one attached hydrogen (secondary N) is 3. The van der Waals surface area contributed by atoms with Gasteiger partial charge in [0.15, 0.2) is 5.65 Å². The Morgan fingerprint density at radius 3 is 2.82 bits per heavy atom. The van der Waals surface area contributed by atoms with E-state index in [9.17, 15) is 13.6 Å². The largest absolute Gasteiger partial charge is 0.480 e. The minimum Gasteiger partial charge on any atom is -0.480 e. The number of hydrogen-bond acceptors (Lipinski definition) is 7. The Morgan fingerprint density at radius 1 is 1.36 bits per heavy atom. The Labute approximate surface area is 158 Å². The molecule has 146 valence electrons. The topological polar surface area (TPSA) is 105 Å². The van der Waals surface area contributed by atoms with E-state index >= 15 is 0 Å². The van der Waals surface area contributed by atoms with E-state index in [1.165, 1.54) is 23.9 Å². The van der Waals surface area contributed by atoms with Crippen molar-refractivity contribution < 1.29 is 18.3 Å². The summed E-state index contributed by atoms with van der Waals surface area (Å²) >= 11 is 0. The highest BCUT2D eigenvalue weighted by Gasteiger charge is 2.39. The highest BCUT2D eigenvalue weighted by atomic mass is 19.1. The lowest BCUT2D eigenvalue weighted by atomic mass is 10.3. The predicted octanol–water partition coefficient (Wildman–Crippen LogP) is 1.90. The summed E-state index contributed by atoms with van der Waals surface area (Å²) < 4.78 is 33.2. The van der Waals surface area contributed by atoms with Gasteiger partial charge in [0.05, 0.1) is 25.5 Å². The number of halogens is 2. The molecule has 0 aromatic carbocycles. The molecule has 3 N–H and O–H groups in total. The number of ether oxygens (including phenoxy) is 1. The molecule has 0 bridgehead atoms. The molecule has 4 rings (SSSR count). The van der Waals surface area contributed by atoms with Gasteiger partial charge in [-0.15, -0.1) is 0 Å².